The minimum absolute atomic E-state index is 0.277. The number of nitrogens with two attached hydrogens (primary N) is 1. The molecule has 2 nitrogen and oxygen atoms in total. The van der Waals surface area contributed by atoms with E-state index in [1.807, 2.05) is 0 Å². The van der Waals surface area contributed by atoms with Crippen molar-refractivity contribution in [2.24, 2.45) is 17.1 Å². The molecule has 102 valence electrons. The van der Waals surface area contributed by atoms with Crippen LogP contribution in [0.3, 0.4) is 0 Å². The van der Waals surface area contributed by atoms with Crippen LogP contribution in [0.2, 0.25) is 0 Å². The Labute approximate surface area is 108 Å². The highest BCUT2D eigenvalue weighted by Gasteiger charge is 2.36. The summed E-state index contributed by atoms with van der Waals surface area (Å²) in [6, 6.07) is 0.827. The van der Waals surface area contributed by atoms with Gasteiger partial charge >= 0.3 is 0 Å². The standard InChI is InChI=1S/C15H32N2/c1-6-10-17(11-12-8-9-12)14(13(16)7-2)15(3,4)5/h12-14H,6-11,16H2,1-5H3. The molecular weight excluding hydrogens is 208 g/mol. The first kappa shape index (κ1) is 15.0. The average Bonchev–Trinajstić information content (AvgIpc) is 2.99. The third kappa shape index (κ3) is 4.59. The molecule has 17 heavy (non-hydrogen) atoms. The fraction of sp³-hybridized carbons (Fsp3) is 1.00. The quantitative estimate of drug-likeness (QED) is 0.740. The van der Waals surface area contributed by atoms with Gasteiger partial charge in [-0.3, -0.25) is 4.90 Å². The van der Waals surface area contributed by atoms with Crippen molar-refractivity contribution in [2.75, 3.05) is 13.1 Å². The molecule has 1 rings (SSSR count). The maximum Gasteiger partial charge on any atom is 0.0295 e. The van der Waals surface area contributed by atoms with Crippen molar-refractivity contribution in [1.82, 2.24) is 4.90 Å². The lowest BCUT2D eigenvalue weighted by Crippen LogP contribution is -2.55. The van der Waals surface area contributed by atoms with Crippen molar-refractivity contribution in [3.05, 3.63) is 0 Å². The van der Waals surface area contributed by atoms with E-state index in [-0.39, 0.29) is 5.41 Å². The van der Waals surface area contributed by atoms with Gasteiger partial charge in [0, 0.05) is 18.6 Å². The summed E-state index contributed by atoms with van der Waals surface area (Å²) in [5, 5.41) is 0. The summed E-state index contributed by atoms with van der Waals surface area (Å²) in [7, 11) is 0. The number of hydrogen-bond donors (Lipinski definition) is 1. The van der Waals surface area contributed by atoms with Gasteiger partial charge in [-0.15, -0.1) is 0 Å². The first-order valence-corrected chi connectivity index (χ1v) is 7.39. The third-order valence-corrected chi connectivity index (χ3v) is 3.86. The van der Waals surface area contributed by atoms with Gasteiger partial charge in [0.05, 0.1) is 0 Å². The SMILES string of the molecule is CCCN(CC1CC1)C(C(N)CC)C(C)(C)C. The Morgan fingerprint density at radius 3 is 2.18 bits per heavy atom. The van der Waals surface area contributed by atoms with Crippen LogP contribution in [-0.4, -0.2) is 30.1 Å². The molecule has 0 aromatic rings. The van der Waals surface area contributed by atoms with Gasteiger partial charge in [0.1, 0.15) is 0 Å². The van der Waals surface area contributed by atoms with E-state index in [1.165, 1.54) is 32.4 Å². The van der Waals surface area contributed by atoms with Crippen LogP contribution in [0.4, 0.5) is 0 Å². The van der Waals surface area contributed by atoms with Crippen molar-refractivity contribution < 1.29 is 0 Å². The first-order chi connectivity index (χ1) is 7.90. The Morgan fingerprint density at radius 1 is 1.24 bits per heavy atom. The molecule has 1 aliphatic carbocycles. The molecular formula is C15H32N2. The van der Waals surface area contributed by atoms with E-state index in [9.17, 15) is 0 Å². The molecule has 0 bridgehead atoms. The molecule has 1 fully saturated rings. The van der Waals surface area contributed by atoms with Gasteiger partial charge in [-0.1, -0.05) is 34.6 Å². The second kappa shape index (κ2) is 6.19. The van der Waals surface area contributed by atoms with Crippen LogP contribution in [0, 0.1) is 11.3 Å². The van der Waals surface area contributed by atoms with E-state index < -0.39 is 0 Å². The van der Waals surface area contributed by atoms with Crippen molar-refractivity contribution in [3.63, 3.8) is 0 Å². The topological polar surface area (TPSA) is 29.3 Å². The summed E-state index contributed by atoms with van der Waals surface area (Å²) in [6.45, 7) is 14.0. The number of nitrogens with zero attached hydrogens (tertiary/aromatic N) is 1. The molecule has 0 aromatic heterocycles. The predicted octanol–water partition coefficient (Wildman–Crippen LogP) is 3.26. The fourth-order valence-corrected chi connectivity index (χ4v) is 2.95. The first-order valence-electron chi connectivity index (χ1n) is 7.39. The van der Waals surface area contributed by atoms with Crippen LogP contribution in [0.25, 0.3) is 0 Å². The monoisotopic (exact) mass is 240 g/mol. The van der Waals surface area contributed by atoms with Crippen LogP contribution in [0.5, 0.6) is 0 Å². The van der Waals surface area contributed by atoms with E-state index >= 15 is 0 Å². The lowest BCUT2D eigenvalue weighted by Gasteiger charge is -2.43. The predicted molar refractivity (Wildman–Crippen MR) is 76.1 cm³/mol. The molecule has 2 atom stereocenters. The van der Waals surface area contributed by atoms with Gasteiger partial charge in [0.15, 0.2) is 0 Å². The van der Waals surface area contributed by atoms with Crippen LogP contribution in [-0.2, 0) is 0 Å². The molecule has 2 heteroatoms. The van der Waals surface area contributed by atoms with Crippen molar-refractivity contribution in [3.8, 4) is 0 Å². The van der Waals surface area contributed by atoms with E-state index in [2.05, 4.69) is 39.5 Å². The minimum atomic E-state index is 0.277. The van der Waals surface area contributed by atoms with Gasteiger partial charge in [-0.2, -0.15) is 0 Å². The van der Waals surface area contributed by atoms with E-state index in [1.54, 1.807) is 0 Å². The van der Waals surface area contributed by atoms with Crippen molar-refractivity contribution >= 4 is 0 Å². The molecule has 0 aliphatic heterocycles. The van der Waals surface area contributed by atoms with E-state index in [4.69, 9.17) is 5.73 Å². The zero-order valence-corrected chi connectivity index (χ0v) is 12.5. The second-order valence-electron chi connectivity index (χ2n) is 6.82. The molecule has 2 unspecified atom stereocenters. The summed E-state index contributed by atoms with van der Waals surface area (Å²) < 4.78 is 0. The summed E-state index contributed by atoms with van der Waals surface area (Å²) in [5.74, 6) is 0.954. The lowest BCUT2D eigenvalue weighted by atomic mass is 9.80. The minimum Gasteiger partial charge on any atom is -0.326 e. The molecule has 0 aromatic carbocycles. The lowest BCUT2D eigenvalue weighted by molar-refractivity contribution is 0.0718. The Bertz CT molecular complexity index is 215. The largest absolute Gasteiger partial charge is 0.326 e. The second-order valence-corrected chi connectivity index (χ2v) is 6.82. The van der Waals surface area contributed by atoms with Gasteiger partial charge in [0.25, 0.3) is 0 Å². The molecule has 0 saturated heterocycles. The average molecular weight is 240 g/mol. The van der Waals surface area contributed by atoms with Crippen molar-refractivity contribution in [1.29, 1.82) is 0 Å². The van der Waals surface area contributed by atoms with Gasteiger partial charge < -0.3 is 5.73 Å². The smallest absolute Gasteiger partial charge is 0.0295 e. The Balaban J connectivity index is 2.74. The third-order valence-electron chi connectivity index (χ3n) is 3.86. The highest BCUT2D eigenvalue weighted by molar-refractivity contribution is 4.92. The van der Waals surface area contributed by atoms with E-state index in [0.717, 1.165) is 12.3 Å². The maximum atomic E-state index is 6.39. The summed E-state index contributed by atoms with van der Waals surface area (Å²) in [5.41, 5.74) is 6.67. The van der Waals surface area contributed by atoms with Crippen LogP contribution in [0.1, 0.15) is 60.3 Å². The molecule has 1 aliphatic rings. The summed E-state index contributed by atoms with van der Waals surface area (Å²) in [4.78, 5) is 2.67. The molecule has 2 N–H and O–H groups in total. The highest BCUT2D eigenvalue weighted by atomic mass is 15.2. The Morgan fingerprint density at radius 2 is 1.82 bits per heavy atom. The summed E-state index contributed by atoms with van der Waals surface area (Å²) in [6.07, 6.45) is 5.17. The van der Waals surface area contributed by atoms with Gasteiger partial charge in [0.2, 0.25) is 0 Å². The fourth-order valence-electron chi connectivity index (χ4n) is 2.95. The van der Waals surface area contributed by atoms with Gasteiger partial charge in [-0.25, -0.2) is 0 Å². The van der Waals surface area contributed by atoms with Crippen molar-refractivity contribution in [2.45, 2.75) is 72.4 Å². The maximum absolute atomic E-state index is 6.39. The zero-order chi connectivity index (χ0) is 13.1. The zero-order valence-electron chi connectivity index (χ0n) is 12.5. The number of hydrogen-bond acceptors (Lipinski definition) is 2. The molecule has 0 amide bonds. The normalized spacial score (nSPS) is 20.6. The number of rotatable bonds is 7. The molecule has 1 saturated carbocycles. The van der Waals surface area contributed by atoms with Crippen LogP contribution in [0.15, 0.2) is 0 Å². The Kier molecular flexibility index (Phi) is 5.46. The Hall–Kier alpha value is -0.0800. The molecule has 0 radical (unpaired) electrons. The van der Waals surface area contributed by atoms with Crippen LogP contribution >= 0.6 is 0 Å². The van der Waals surface area contributed by atoms with Gasteiger partial charge in [-0.05, 0) is 43.6 Å². The molecule has 0 spiro atoms. The van der Waals surface area contributed by atoms with Crippen LogP contribution < -0.4 is 5.73 Å². The summed E-state index contributed by atoms with van der Waals surface area (Å²) >= 11 is 0. The molecule has 0 heterocycles. The van der Waals surface area contributed by atoms with E-state index in [0.29, 0.717) is 12.1 Å². The highest BCUT2D eigenvalue weighted by Crippen LogP contribution is 2.34.